The smallest absolute Gasteiger partial charge is 0.328 e. The summed E-state index contributed by atoms with van der Waals surface area (Å²) in [4.78, 5) is 19.1. The Labute approximate surface area is 111 Å². The number of carboxylic acid groups (broad SMARTS) is 2. The molecule has 0 heterocycles. The van der Waals surface area contributed by atoms with Gasteiger partial charge >= 0.3 is 11.9 Å². The molecule has 0 saturated heterocycles. The van der Waals surface area contributed by atoms with E-state index in [2.05, 4.69) is 48.6 Å². The third kappa shape index (κ3) is 6.02. The first-order valence-electron chi connectivity index (χ1n) is 5.64. The van der Waals surface area contributed by atoms with E-state index in [1.807, 2.05) is 0 Å². The second-order valence-corrected chi connectivity index (χ2v) is 3.70. The number of rotatable bonds is 2. The molecule has 0 aromatic heterocycles. The monoisotopic (exact) mass is 258 g/mol. The molecule has 2 N–H and O–H groups in total. The Hall–Kier alpha value is -2.62. The SMILES string of the molecule is C1=CC=C2CC=CC=C2C=C1.O=C(O)/C=C/C(=O)O. The molecule has 0 fully saturated rings. The van der Waals surface area contributed by atoms with Crippen LogP contribution in [0, 0.1) is 0 Å². The zero-order valence-corrected chi connectivity index (χ0v) is 10.2. The topological polar surface area (TPSA) is 74.6 Å². The van der Waals surface area contributed by atoms with E-state index < -0.39 is 11.9 Å². The molecule has 4 heteroatoms. The summed E-state index contributed by atoms with van der Waals surface area (Å²) in [5.41, 5.74) is 2.76. The van der Waals surface area contributed by atoms with Gasteiger partial charge in [0.2, 0.25) is 0 Å². The van der Waals surface area contributed by atoms with Crippen molar-refractivity contribution in [1.29, 1.82) is 0 Å². The van der Waals surface area contributed by atoms with Crippen molar-refractivity contribution in [2.24, 2.45) is 0 Å². The van der Waals surface area contributed by atoms with Gasteiger partial charge in [0.25, 0.3) is 0 Å². The number of allylic oxidation sites excluding steroid dienone is 10. The summed E-state index contributed by atoms with van der Waals surface area (Å²) in [6, 6.07) is 0. The third-order valence-electron chi connectivity index (χ3n) is 2.28. The molecule has 0 bridgehead atoms. The average Bonchev–Trinajstić information content (AvgIpc) is 2.62. The van der Waals surface area contributed by atoms with Crippen LogP contribution in [0.1, 0.15) is 6.42 Å². The predicted octanol–water partition coefficient (Wildman–Crippen LogP) is 2.64. The van der Waals surface area contributed by atoms with Crippen LogP contribution in [0.3, 0.4) is 0 Å². The molecular weight excluding hydrogens is 244 g/mol. The second-order valence-electron chi connectivity index (χ2n) is 3.70. The van der Waals surface area contributed by atoms with Gasteiger partial charge in [-0.2, -0.15) is 0 Å². The lowest BCUT2D eigenvalue weighted by atomic mass is 9.98. The van der Waals surface area contributed by atoms with Crippen molar-refractivity contribution in [2.75, 3.05) is 0 Å². The zero-order chi connectivity index (χ0) is 14.1. The second kappa shape index (κ2) is 7.66. The summed E-state index contributed by atoms with van der Waals surface area (Å²) in [5.74, 6) is -2.51. The van der Waals surface area contributed by atoms with E-state index in [1.54, 1.807) is 0 Å². The number of fused-ring (bicyclic) bond motifs is 1. The van der Waals surface area contributed by atoms with Gasteiger partial charge in [-0.3, -0.25) is 0 Å². The molecule has 0 saturated carbocycles. The molecule has 0 aliphatic heterocycles. The summed E-state index contributed by atoms with van der Waals surface area (Å²) in [5, 5.41) is 15.6. The Balaban J connectivity index is 0.000000203. The summed E-state index contributed by atoms with van der Waals surface area (Å²) in [6.07, 6.45) is 19.2. The predicted molar refractivity (Wildman–Crippen MR) is 72.6 cm³/mol. The van der Waals surface area contributed by atoms with Gasteiger partial charge in [-0.25, -0.2) is 9.59 Å². The highest BCUT2D eigenvalue weighted by Crippen LogP contribution is 2.21. The molecule has 2 aliphatic carbocycles. The largest absolute Gasteiger partial charge is 0.478 e. The first kappa shape index (κ1) is 14.4. The van der Waals surface area contributed by atoms with Crippen LogP contribution in [0.15, 0.2) is 71.9 Å². The Kier molecular flexibility index (Phi) is 5.82. The summed E-state index contributed by atoms with van der Waals surface area (Å²) < 4.78 is 0. The molecule has 0 unspecified atom stereocenters. The normalized spacial score (nSPS) is 15.8. The van der Waals surface area contributed by atoms with Gasteiger partial charge in [0, 0.05) is 12.2 Å². The molecule has 0 aromatic rings. The van der Waals surface area contributed by atoms with Crippen molar-refractivity contribution in [2.45, 2.75) is 6.42 Å². The third-order valence-corrected chi connectivity index (χ3v) is 2.28. The van der Waals surface area contributed by atoms with E-state index in [9.17, 15) is 9.59 Å². The molecule has 2 aliphatic rings. The van der Waals surface area contributed by atoms with E-state index in [0.717, 1.165) is 6.42 Å². The van der Waals surface area contributed by atoms with Crippen LogP contribution in [0.4, 0.5) is 0 Å². The lowest BCUT2D eigenvalue weighted by Crippen LogP contribution is -1.91. The van der Waals surface area contributed by atoms with Crippen LogP contribution >= 0.6 is 0 Å². The van der Waals surface area contributed by atoms with Crippen LogP contribution in [-0.4, -0.2) is 22.2 Å². The van der Waals surface area contributed by atoms with Gasteiger partial charge in [-0.1, -0.05) is 48.6 Å². The number of hydrogen-bond acceptors (Lipinski definition) is 2. The first-order valence-corrected chi connectivity index (χ1v) is 5.64. The molecule has 19 heavy (non-hydrogen) atoms. The Morgan fingerprint density at radius 1 is 0.947 bits per heavy atom. The maximum Gasteiger partial charge on any atom is 0.328 e. The van der Waals surface area contributed by atoms with E-state index in [1.165, 1.54) is 11.1 Å². The van der Waals surface area contributed by atoms with Gasteiger partial charge in [-0.15, -0.1) is 0 Å². The van der Waals surface area contributed by atoms with Gasteiger partial charge < -0.3 is 10.2 Å². The van der Waals surface area contributed by atoms with E-state index in [0.29, 0.717) is 12.2 Å². The zero-order valence-electron chi connectivity index (χ0n) is 10.2. The summed E-state index contributed by atoms with van der Waals surface area (Å²) in [6.45, 7) is 0. The highest BCUT2D eigenvalue weighted by atomic mass is 16.4. The maximum absolute atomic E-state index is 9.55. The molecular formula is C15H14O4. The van der Waals surface area contributed by atoms with Crippen LogP contribution < -0.4 is 0 Å². The van der Waals surface area contributed by atoms with Gasteiger partial charge in [-0.05, 0) is 17.6 Å². The molecule has 98 valence electrons. The van der Waals surface area contributed by atoms with Crippen molar-refractivity contribution in [3.63, 3.8) is 0 Å². The van der Waals surface area contributed by atoms with E-state index >= 15 is 0 Å². The summed E-state index contributed by atoms with van der Waals surface area (Å²) >= 11 is 0. The minimum Gasteiger partial charge on any atom is -0.478 e. The highest BCUT2D eigenvalue weighted by molar-refractivity contribution is 5.89. The number of hydrogen-bond donors (Lipinski definition) is 2. The molecule has 0 radical (unpaired) electrons. The molecule has 0 aromatic carbocycles. The quantitative estimate of drug-likeness (QED) is 0.747. The van der Waals surface area contributed by atoms with Crippen LogP contribution in [-0.2, 0) is 9.59 Å². The Morgan fingerprint density at radius 2 is 1.63 bits per heavy atom. The van der Waals surface area contributed by atoms with E-state index in [4.69, 9.17) is 10.2 Å². The fourth-order valence-corrected chi connectivity index (χ4v) is 1.46. The highest BCUT2D eigenvalue weighted by Gasteiger charge is 2.02. The van der Waals surface area contributed by atoms with Gasteiger partial charge in [0.05, 0.1) is 0 Å². The number of carbonyl (C=O) groups is 2. The fourth-order valence-electron chi connectivity index (χ4n) is 1.46. The maximum atomic E-state index is 9.55. The van der Waals surface area contributed by atoms with Crippen molar-refractivity contribution in [3.8, 4) is 0 Å². The number of aliphatic carboxylic acids is 2. The minimum atomic E-state index is -1.26. The Bertz CT molecular complexity index is 512. The summed E-state index contributed by atoms with van der Waals surface area (Å²) in [7, 11) is 0. The molecule has 2 rings (SSSR count). The van der Waals surface area contributed by atoms with Crippen molar-refractivity contribution in [3.05, 3.63) is 71.9 Å². The fraction of sp³-hybridized carbons (Fsp3) is 0.0667. The standard InChI is InChI=1S/C11H10.C4H4O4/c1-2-6-10-8-4-5-9-11(10)7-3-1;5-3(6)1-2-4(7)8/h1-8H,9H2;1-2H,(H,5,6)(H,7,8)/b;2-1+. The number of carboxylic acids is 2. The van der Waals surface area contributed by atoms with Crippen molar-refractivity contribution in [1.82, 2.24) is 0 Å². The Morgan fingerprint density at radius 3 is 2.26 bits per heavy atom. The van der Waals surface area contributed by atoms with Crippen molar-refractivity contribution >= 4 is 11.9 Å². The molecule has 0 atom stereocenters. The average molecular weight is 258 g/mol. The van der Waals surface area contributed by atoms with Crippen LogP contribution in [0.5, 0.6) is 0 Å². The minimum absolute atomic E-state index is 0.558. The molecule has 4 nitrogen and oxygen atoms in total. The first-order chi connectivity index (χ1) is 9.09. The van der Waals surface area contributed by atoms with Crippen LogP contribution in [0.25, 0.3) is 0 Å². The van der Waals surface area contributed by atoms with E-state index in [-0.39, 0.29) is 0 Å². The molecule has 0 spiro atoms. The van der Waals surface area contributed by atoms with Crippen LogP contribution in [0.2, 0.25) is 0 Å². The lowest BCUT2D eigenvalue weighted by molar-refractivity contribution is -0.134. The molecule has 0 amide bonds. The van der Waals surface area contributed by atoms with Crippen molar-refractivity contribution < 1.29 is 19.8 Å². The van der Waals surface area contributed by atoms with Gasteiger partial charge in [0.1, 0.15) is 0 Å². The van der Waals surface area contributed by atoms with Gasteiger partial charge in [0.15, 0.2) is 0 Å². The lowest BCUT2D eigenvalue weighted by Gasteiger charge is -2.07.